The summed E-state index contributed by atoms with van der Waals surface area (Å²) in [6.07, 6.45) is 0. The van der Waals surface area contributed by atoms with Crippen molar-refractivity contribution >= 4 is 49.6 Å². The number of para-hydroxylation sites is 1. The molecule has 178 valence electrons. The number of hydrogen-bond donors (Lipinski definition) is 0. The highest BCUT2D eigenvalue weighted by molar-refractivity contribution is 7.99. The Balaban J connectivity index is 1.41. The van der Waals surface area contributed by atoms with E-state index in [-0.39, 0.29) is 16.4 Å². The van der Waals surface area contributed by atoms with Gasteiger partial charge >= 0.3 is 0 Å². The van der Waals surface area contributed by atoms with Crippen molar-refractivity contribution in [2.24, 2.45) is 0 Å². The van der Waals surface area contributed by atoms with Gasteiger partial charge in [-0.3, -0.25) is 4.79 Å². The number of ether oxygens (including phenoxy) is 1. The number of nitrogens with zero attached hydrogens (tertiary/aromatic N) is 3. The van der Waals surface area contributed by atoms with E-state index >= 15 is 0 Å². The number of thioether (sulfide) groups is 1. The van der Waals surface area contributed by atoms with Crippen molar-refractivity contribution in [1.29, 1.82) is 0 Å². The zero-order valence-electron chi connectivity index (χ0n) is 19.0. The maximum absolute atomic E-state index is 13.0. The first-order valence-electron chi connectivity index (χ1n) is 11.1. The summed E-state index contributed by atoms with van der Waals surface area (Å²) in [4.78, 5) is 17.8. The molecule has 0 aliphatic carbocycles. The van der Waals surface area contributed by atoms with E-state index in [9.17, 15) is 13.2 Å². The third-order valence-corrected chi connectivity index (χ3v) is 8.91. The highest BCUT2D eigenvalue weighted by Crippen LogP contribution is 2.30. The number of Topliss-reactive ketones (excluding diaryl/α,β-unsaturated/α-hetero) is 1. The second-order valence-electron chi connectivity index (χ2n) is 8.07. The second-order valence-corrected chi connectivity index (χ2v) is 11.0. The fraction of sp³-hybridized carbons (Fsp3) is 0.333. The molecular weight excluding hydrogens is 474 g/mol. The maximum Gasteiger partial charge on any atom is 0.243 e. The van der Waals surface area contributed by atoms with Crippen LogP contribution in [0.25, 0.3) is 22.0 Å². The average Bonchev–Trinajstić information content (AvgIpc) is 3.39. The van der Waals surface area contributed by atoms with Crippen molar-refractivity contribution in [3.05, 3.63) is 53.8 Å². The van der Waals surface area contributed by atoms with Crippen LogP contribution >= 0.6 is 11.8 Å². The van der Waals surface area contributed by atoms with Crippen LogP contribution in [0.1, 0.15) is 23.0 Å². The lowest BCUT2D eigenvalue weighted by molar-refractivity contribution is 0.0730. The zero-order chi connectivity index (χ0) is 23.9. The lowest BCUT2D eigenvalue weighted by Gasteiger charge is -2.26. The fourth-order valence-electron chi connectivity index (χ4n) is 4.24. The number of aromatic nitrogens is 2. The van der Waals surface area contributed by atoms with Gasteiger partial charge in [0.2, 0.25) is 15.8 Å². The molecule has 0 bridgehead atoms. The van der Waals surface area contributed by atoms with Crippen LogP contribution in [0.4, 0.5) is 0 Å². The van der Waals surface area contributed by atoms with Crippen LogP contribution in [0.2, 0.25) is 0 Å². The van der Waals surface area contributed by atoms with E-state index in [2.05, 4.69) is 4.98 Å². The van der Waals surface area contributed by atoms with Gasteiger partial charge in [-0.2, -0.15) is 4.31 Å². The van der Waals surface area contributed by atoms with Crippen LogP contribution in [0, 0.1) is 6.92 Å². The molecule has 4 aromatic rings. The summed E-state index contributed by atoms with van der Waals surface area (Å²) >= 11 is 1.33. The summed E-state index contributed by atoms with van der Waals surface area (Å²) in [6, 6.07) is 12.6. The van der Waals surface area contributed by atoms with Crippen LogP contribution in [-0.2, 0) is 21.3 Å². The van der Waals surface area contributed by atoms with Gasteiger partial charge < -0.3 is 13.7 Å². The minimum absolute atomic E-state index is 0.107. The molecule has 34 heavy (non-hydrogen) atoms. The van der Waals surface area contributed by atoms with Crippen molar-refractivity contribution in [3.63, 3.8) is 0 Å². The minimum atomic E-state index is -3.61. The molecule has 1 saturated heterocycles. The van der Waals surface area contributed by atoms with Crippen molar-refractivity contribution in [2.75, 3.05) is 32.1 Å². The van der Waals surface area contributed by atoms with Gasteiger partial charge in [-0.15, -0.1) is 0 Å². The summed E-state index contributed by atoms with van der Waals surface area (Å²) in [5.74, 6) is 0.430. The standard InChI is InChI=1S/C24H25N3O5S2/c1-3-27-20-9-8-17(34(29,30)26-10-12-31-13-11-26)14-19(20)25-24(27)33-15-21(28)23-16(2)18-6-4-5-7-22(18)32-23/h4-9,14H,3,10-13,15H2,1-2H3. The van der Waals surface area contributed by atoms with Crippen molar-refractivity contribution in [1.82, 2.24) is 13.9 Å². The lowest BCUT2D eigenvalue weighted by atomic mass is 10.1. The van der Waals surface area contributed by atoms with E-state index in [1.165, 1.54) is 16.1 Å². The van der Waals surface area contributed by atoms with E-state index in [4.69, 9.17) is 9.15 Å². The number of benzene rings is 2. The second kappa shape index (κ2) is 9.18. The topological polar surface area (TPSA) is 94.6 Å². The predicted molar refractivity (Wildman–Crippen MR) is 131 cm³/mol. The van der Waals surface area contributed by atoms with E-state index in [0.717, 1.165) is 16.5 Å². The Hall–Kier alpha value is -2.66. The molecular formula is C24H25N3O5S2. The van der Waals surface area contributed by atoms with E-state index in [1.807, 2.05) is 42.7 Å². The van der Waals surface area contributed by atoms with E-state index < -0.39 is 10.0 Å². The molecule has 0 atom stereocenters. The monoisotopic (exact) mass is 499 g/mol. The van der Waals surface area contributed by atoms with Crippen LogP contribution in [-0.4, -0.2) is 60.1 Å². The summed E-state index contributed by atoms with van der Waals surface area (Å²) in [6.45, 7) is 6.00. The Kier molecular flexibility index (Phi) is 6.24. The Morgan fingerprint density at radius 2 is 1.91 bits per heavy atom. The number of aryl methyl sites for hydroxylation is 2. The summed E-state index contributed by atoms with van der Waals surface area (Å²) in [7, 11) is -3.61. The molecule has 2 aromatic heterocycles. The van der Waals surface area contributed by atoms with Crippen LogP contribution < -0.4 is 0 Å². The van der Waals surface area contributed by atoms with Crippen molar-refractivity contribution in [3.8, 4) is 0 Å². The Morgan fingerprint density at radius 3 is 2.65 bits per heavy atom. The van der Waals surface area contributed by atoms with Gasteiger partial charge in [0.25, 0.3) is 0 Å². The summed E-state index contributed by atoms with van der Waals surface area (Å²) in [5, 5.41) is 1.60. The number of ketones is 1. The molecule has 0 saturated carbocycles. The molecule has 3 heterocycles. The smallest absolute Gasteiger partial charge is 0.243 e. The Bertz CT molecular complexity index is 1480. The number of sulfonamides is 1. The SMILES string of the molecule is CCn1c(SCC(=O)c2oc3ccccc3c2C)nc2cc(S(=O)(=O)N3CCOCC3)ccc21. The molecule has 5 rings (SSSR count). The first-order chi connectivity index (χ1) is 16.4. The molecule has 0 N–H and O–H groups in total. The van der Waals surface area contributed by atoms with Crippen molar-refractivity contribution < 1.29 is 22.4 Å². The molecule has 1 fully saturated rings. The average molecular weight is 500 g/mol. The molecule has 10 heteroatoms. The molecule has 0 amide bonds. The van der Waals surface area contributed by atoms with Crippen molar-refractivity contribution in [2.45, 2.75) is 30.4 Å². The van der Waals surface area contributed by atoms with Gasteiger partial charge in [0.05, 0.1) is 34.9 Å². The minimum Gasteiger partial charge on any atom is -0.453 e. The predicted octanol–water partition coefficient (Wildman–Crippen LogP) is 4.11. The Labute approximate surface area is 201 Å². The number of furan rings is 1. The molecule has 8 nitrogen and oxygen atoms in total. The number of hydrogen-bond acceptors (Lipinski definition) is 7. The molecule has 1 aliphatic heterocycles. The number of fused-ring (bicyclic) bond motifs is 2. The molecule has 0 radical (unpaired) electrons. The first-order valence-corrected chi connectivity index (χ1v) is 13.5. The van der Waals surface area contributed by atoms with E-state index in [1.54, 1.807) is 18.2 Å². The van der Waals surface area contributed by atoms with Crippen LogP contribution in [0.15, 0.2) is 56.9 Å². The lowest BCUT2D eigenvalue weighted by Crippen LogP contribution is -2.40. The number of carbonyl (C=O) groups excluding carboxylic acids is 1. The number of rotatable bonds is 7. The third-order valence-electron chi connectivity index (χ3n) is 6.04. The summed E-state index contributed by atoms with van der Waals surface area (Å²) < 4.78 is 40.6. The molecule has 2 aromatic carbocycles. The van der Waals surface area contributed by atoms with Gasteiger partial charge in [-0.05, 0) is 38.1 Å². The first kappa shape index (κ1) is 23.1. The maximum atomic E-state index is 13.0. The summed E-state index contributed by atoms with van der Waals surface area (Å²) in [5.41, 5.74) is 2.95. The van der Waals surface area contributed by atoms with Gasteiger partial charge in [0, 0.05) is 30.6 Å². The highest BCUT2D eigenvalue weighted by Gasteiger charge is 2.27. The van der Waals surface area contributed by atoms with E-state index in [0.29, 0.717) is 54.9 Å². The van der Waals surface area contributed by atoms with Gasteiger partial charge in [-0.25, -0.2) is 13.4 Å². The third kappa shape index (κ3) is 4.04. The van der Waals surface area contributed by atoms with Gasteiger partial charge in [0.1, 0.15) is 5.58 Å². The molecule has 0 spiro atoms. The largest absolute Gasteiger partial charge is 0.453 e. The van der Waals surface area contributed by atoms with Gasteiger partial charge in [-0.1, -0.05) is 30.0 Å². The fourth-order valence-corrected chi connectivity index (χ4v) is 6.60. The number of imidazole rings is 1. The van der Waals surface area contributed by atoms with Crippen LogP contribution in [0.3, 0.4) is 0 Å². The number of morpholine rings is 1. The highest BCUT2D eigenvalue weighted by atomic mass is 32.2. The quantitative estimate of drug-likeness (QED) is 0.279. The number of carbonyl (C=O) groups is 1. The molecule has 1 aliphatic rings. The normalized spacial score (nSPS) is 15.4. The molecule has 0 unspecified atom stereocenters. The zero-order valence-corrected chi connectivity index (χ0v) is 20.6. The van der Waals surface area contributed by atoms with Crippen LogP contribution in [0.5, 0.6) is 0 Å². The Morgan fingerprint density at radius 1 is 1.15 bits per heavy atom. The van der Waals surface area contributed by atoms with Gasteiger partial charge in [0.15, 0.2) is 10.9 Å².